The van der Waals surface area contributed by atoms with Crippen molar-refractivity contribution in [3.8, 4) is 0 Å². The standard InChI is InChI=1S/C14H21BrN2O/c15-14-4-2-1-3-12(14)5-7-16-8-6-13-11-17-9-10-18-13/h1-4,13,16-17H,5-11H2. The minimum atomic E-state index is 0.384. The molecule has 1 fully saturated rings. The fraction of sp³-hybridized carbons (Fsp3) is 0.571. The van der Waals surface area contributed by atoms with Crippen molar-refractivity contribution in [2.75, 3.05) is 32.8 Å². The minimum absolute atomic E-state index is 0.384. The first-order valence-corrected chi connectivity index (χ1v) is 7.42. The van der Waals surface area contributed by atoms with Crippen LogP contribution in [-0.2, 0) is 11.2 Å². The molecule has 2 rings (SSSR count). The molecule has 1 aromatic carbocycles. The highest BCUT2D eigenvalue weighted by atomic mass is 79.9. The maximum absolute atomic E-state index is 5.65. The van der Waals surface area contributed by atoms with Gasteiger partial charge in [-0.2, -0.15) is 0 Å². The van der Waals surface area contributed by atoms with Gasteiger partial charge in [-0.05, 0) is 37.6 Å². The minimum Gasteiger partial charge on any atom is -0.376 e. The van der Waals surface area contributed by atoms with Crippen LogP contribution in [0, 0.1) is 0 Å². The molecule has 0 spiro atoms. The highest BCUT2D eigenvalue weighted by Crippen LogP contribution is 2.15. The Morgan fingerprint density at radius 3 is 3.00 bits per heavy atom. The van der Waals surface area contributed by atoms with E-state index in [4.69, 9.17) is 4.74 Å². The molecular weight excluding hydrogens is 292 g/mol. The van der Waals surface area contributed by atoms with Crippen molar-refractivity contribution in [2.24, 2.45) is 0 Å². The summed E-state index contributed by atoms with van der Waals surface area (Å²) in [6.45, 7) is 4.87. The average molecular weight is 313 g/mol. The van der Waals surface area contributed by atoms with Crippen LogP contribution in [0.2, 0.25) is 0 Å². The van der Waals surface area contributed by atoms with Crippen molar-refractivity contribution in [3.63, 3.8) is 0 Å². The molecule has 4 heteroatoms. The molecule has 3 nitrogen and oxygen atoms in total. The number of benzene rings is 1. The van der Waals surface area contributed by atoms with Gasteiger partial charge in [-0.25, -0.2) is 0 Å². The van der Waals surface area contributed by atoms with Crippen LogP contribution < -0.4 is 10.6 Å². The van der Waals surface area contributed by atoms with E-state index < -0.39 is 0 Å². The van der Waals surface area contributed by atoms with Gasteiger partial charge >= 0.3 is 0 Å². The molecule has 1 aliphatic rings. The van der Waals surface area contributed by atoms with Crippen molar-refractivity contribution >= 4 is 15.9 Å². The van der Waals surface area contributed by atoms with Crippen LogP contribution in [0.5, 0.6) is 0 Å². The molecule has 18 heavy (non-hydrogen) atoms. The van der Waals surface area contributed by atoms with Crippen LogP contribution in [0.1, 0.15) is 12.0 Å². The van der Waals surface area contributed by atoms with Crippen LogP contribution in [0.4, 0.5) is 0 Å². The number of morpholine rings is 1. The summed E-state index contributed by atoms with van der Waals surface area (Å²) in [5, 5.41) is 6.83. The molecule has 0 amide bonds. The molecule has 1 aromatic rings. The topological polar surface area (TPSA) is 33.3 Å². The van der Waals surface area contributed by atoms with Crippen molar-refractivity contribution in [1.82, 2.24) is 10.6 Å². The number of halogens is 1. The van der Waals surface area contributed by atoms with Crippen LogP contribution in [0.15, 0.2) is 28.7 Å². The summed E-state index contributed by atoms with van der Waals surface area (Å²) in [7, 11) is 0. The third kappa shape index (κ3) is 4.69. The largest absolute Gasteiger partial charge is 0.376 e. The van der Waals surface area contributed by atoms with E-state index in [2.05, 4.69) is 50.8 Å². The second kappa shape index (κ2) is 7.89. The summed E-state index contributed by atoms with van der Waals surface area (Å²) in [4.78, 5) is 0. The smallest absolute Gasteiger partial charge is 0.0712 e. The number of hydrogen-bond acceptors (Lipinski definition) is 3. The summed E-state index contributed by atoms with van der Waals surface area (Å²) in [6, 6.07) is 8.40. The normalized spacial score (nSPS) is 19.9. The molecule has 0 bridgehead atoms. The first-order valence-electron chi connectivity index (χ1n) is 6.62. The summed E-state index contributed by atoms with van der Waals surface area (Å²) < 4.78 is 6.85. The fourth-order valence-corrected chi connectivity index (χ4v) is 2.60. The second-order valence-corrected chi connectivity index (χ2v) is 5.43. The van der Waals surface area contributed by atoms with Crippen LogP contribution in [0.25, 0.3) is 0 Å². The summed E-state index contributed by atoms with van der Waals surface area (Å²) in [5.74, 6) is 0. The average Bonchev–Trinajstić information content (AvgIpc) is 2.42. The van der Waals surface area contributed by atoms with Crippen LogP contribution in [0.3, 0.4) is 0 Å². The molecule has 1 saturated heterocycles. The lowest BCUT2D eigenvalue weighted by atomic mass is 10.1. The van der Waals surface area contributed by atoms with Gasteiger partial charge in [0, 0.05) is 17.6 Å². The zero-order chi connectivity index (χ0) is 12.6. The Kier molecular flexibility index (Phi) is 6.14. The predicted octanol–water partition coefficient (Wildman–Crippen LogP) is 1.96. The van der Waals surface area contributed by atoms with Gasteiger partial charge in [-0.1, -0.05) is 34.1 Å². The first kappa shape index (κ1) is 14.0. The van der Waals surface area contributed by atoms with Gasteiger partial charge in [0.1, 0.15) is 0 Å². The Labute approximate surface area is 117 Å². The molecular formula is C14H21BrN2O. The van der Waals surface area contributed by atoms with E-state index in [1.165, 1.54) is 10.0 Å². The Balaban J connectivity index is 1.57. The maximum atomic E-state index is 5.65. The molecule has 1 unspecified atom stereocenters. The molecule has 0 radical (unpaired) electrons. The van der Waals surface area contributed by atoms with E-state index in [0.717, 1.165) is 45.6 Å². The number of nitrogens with one attached hydrogen (secondary N) is 2. The van der Waals surface area contributed by atoms with E-state index >= 15 is 0 Å². The van der Waals surface area contributed by atoms with Crippen molar-refractivity contribution in [1.29, 1.82) is 0 Å². The lowest BCUT2D eigenvalue weighted by Gasteiger charge is -2.23. The van der Waals surface area contributed by atoms with E-state index in [1.807, 2.05) is 0 Å². The number of rotatable bonds is 6. The first-order chi connectivity index (χ1) is 8.86. The fourth-order valence-electron chi connectivity index (χ4n) is 2.12. The Morgan fingerprint density at radius 2 is 2.22 bits per heavy atom. The van der Waals surface area contributed by atoms with Gasteiger partial charge < -0.3 is 15.4 Å². The van der Waals surface area contributed by atoms with E-state index in [9.17, 15) is 0 Å². The monoisotopic (exact) mass is 312 g/mol. The van der Waals surface area contributed by atoms with Gasteiger partial charge in [0.05, 0.1) is 12.7 Å². The highest BCUT2D eigenvalue weighted by molar-refractivity contribution is 9.10. The third-order valence-electron chi connectivity index (χ3n) is 3.18. The SMILES string of the molecule is Brc1ccccc1CCNCCC1CNCCO1. The van der Waals surface area contributed by atoms with E-state index in [1.54, 1.807) is 0 Å². The van der Waals surface area contributed by atoms with E-state index in [0.29, 0.717) is 6.10 Å². The summed E-state index contributed by atoms with van der Waals surface area (Å²) in [5.41, 5.74) is 1.36. The summed E-state index contributed by atoms with van der Waals surface area (Å²) in [6.07, 6.45) is 2.53. The van der Waals surface area contributed by atoms with Gasteiger partial charge in [-0.3, -0.25) is 0 Å². The molecule has 100 valence electrons. The molecule has 0 aromatic heterocycles. The Bertz CT molecular complexity index is 353. The molecule has 1 atom stereocenters. The summed E-state index contributed by atoms with van der Waals surface area (Å²) >= 11 is 3.57. The lowest BCUT2D eigenvalue weighted by Crippen LogP contribution is -2.40. The predicted molar refractivity (Wildman–Crippen MR) is 77.9 cm³/mol. The number of hydrogen-bond donors (Lipinski definition) is 2. The molecule has 1 heterocycles. The molecule has 0 aliphatic carbocycles. The van der Waals surface area contributed by atoms with E-state index in [-0.39, 0.29) is 0 Å². The van der Waals surface area contributed by atoms with Gasteiger partial charge in [0.25, 0.3) is 0 Å². The zero-order valence-corrected chi connectivity index (χ0v) is 12.2. The Hall–Kier alpha value is -0.420. The lowest BCUT2D eigenvalue weighted by molar-refractivity contribution is 0.0239. The Morgan fingerprint density at radius 1 is 1.33 bits per heavy atom. The molecule has 1 aliphatic heterocycles. The molecule has 0 saturated carbocycles. The quantitative estimate of drug-likeness (QED) is 0.788. The zero-order valence-electron chi connectivity index (χ0n) is 10.6. The van der Waals surface area contributed by atoms with Gasteiger partial charge in [0.2, 0.25) is 0 Å². The van der Waals surface area contributed by atoms with Crippen molar-refractivity contribution < 1.29 is 4.74 Å². The van der Waals surface area contributed by atoms with Crippen molar-refractivity contribution in [3.05, 3.63) is 34.3 Å². The van der Waals surface area contributed by atoms with Crippen LogP contribution in [-0.4, -0.2) is 38.9 Å². The highest BCUT2D eigenvalue weighted by Gasteiger charge is 2.11. The van der Waals surface area contributed by atoms with Crippen molar-refractivity contribution in [2.45, 2.75) is 18.9 Å². The third-order valence-corrected chi connectivity index (χ3v) is 3.95. The van der Waals surface area contributed by atoms with Crippen LogP contribution >= 0.6 is 15.9 Å². The maximum Gasteiger partial charge on any atom is 0.0712 e. The second-order valence-electron chi connectivity index (χ2n) is 4.58. The molecule has 2 N–H and O–H groups in total. The van der Waals surface area contributed by atoms with Gasteiger partial charge in [0.15, 0.2) is 0 Å². The van der Waals surface area contributed by atoms with Gasteiger partial charge in [-0.15, -0.1) is 0 Å². The number of ether oxygens (including phenoxy) is 1.